The van der Waals surface area contributed by atoms with E-state index in [2.05, 4.69) is 18.2 Å². The van der Waals surface area contributed by atoms with Crippen molar-refractivity contribution in [2.24, 2.45) is 5.92 Å². The smallest absolute Gasteiger partial charge is 0.225 e. The Morgan fingerprint density at radius 3 is 2.69 bits per heavy atom. The summed E-state index contributed by atoms with van der Waals surface area (Å²) in [5.41, 5.74) is 1.18. The molecular formula is C14H17NO. The van der Waals surface area contributed by atoms with Crippen molar-refractivity contribution in [2.45, 2.75) is 12.8 Å². The summed E-state index contributed by atoms with van der Waals surface area (Å²) >= 11 is 0. The first-order valence-electron chi connectivity index (χ1n) is 5.74. The maximum atomic E-state index is 11.6. The van der Waals surface area contributed by atoms with E-state index < -0.39 is 0 Å². The minimum atomic E-state index is 0.290. The zero-order valence-corrected chi connectivity index (χ0v) is 9.60. The van der Waals surface area contributed by atoms with Crippen LogP contribution < -0.4 is 0 Å². The molecule has 0 unspecified atom stereocenters. The number of hydrogen-bond acceptors (Lipinski definition) is 1. The second kappa shape index (κ2) is 4.97. The van der Waals surface area contributed by atoms with Crippen LogP contribution in [0.15, 0.2) is 36.4 Å². The van der Waals surface area contributed by atoms with E-state index in [-0.39, 0.29) is 5.91 Å². The van der Waals surface area contributed by atoms with Crippen LogP contribution >= 0.6 is 0 Å². The zero-order valence-electron chi connectivity index (χ0n) is 9.60. The Kier molecular flexibility index (Phi) is 3.40. The third-order valence-electron chi connectivity index (χ3n) is 2.79. The molecule has 1 aliphatic rings. The maximum Gasteiger partial charge on any atom is 0.225 e. The van der Waals surface area contributed by atoms with Crippen LogP contribution in [0.25, 0.3) is 6.08 Å². The highest BCUT2D eigenvalue weighted by atomic mass is 16.2. The van der Waals surface area contributed by atoms with Gasteiger partial charge in [-0.25, -0.2) is 0 Å². The SMILES string of the molecule is CN(CC=Cc1ccccc1)C(=O)C1CC1. The molecule has 0 aliphatic heterocycles. The number of carbonyl (C=O) groups excluding carboxylic acids is 1. The molecule has 2 rings (SSSR count). The first-order chi connectivity index (χ1) is 7.77. The number of likely N-dealkylation sites (N-methyl/N-ethyl adjacent to an activating group) is 1. The summed E-state index contributed by atoms with van der Waals surface area (Å²) in [6.07, 6.45) is 6.24. The van der Waals surface area contributed by atoms with Gasteiger partial charge in [0.2, 0.25) is 5.91 Å². The Morgan fingerprint density at radius 1 is 1.38 bits per heavy atom. The second-order valence-electron chi connectivity index (χ2n) is 4.31. The Hall–Kier alpha value is -1.57. The van der Waals surface area contributed by atoms with Gasteiger partial charge in [0.1, 0.15) is 0 Å². The van der Waals surface area contributed by atoms with Crippen LogP contribution in [-0.2, 0) is 4.79 Å². The van der Waals surface area contributed by atoms with Gasteiger partial charge in [0.15, 0.2) is 0 Å². The molecule has 84 valence electrons. The molecule has 0 spiro atoms. The quantitative estimate of drug-likeness (QED) is 0.756. The summed E-state index contributed by atoms with van der Waals surface area (Å²) in [5.74, 6) is 0.604. The molecule has 0 heterocycles. The molecule has 1 saturated carbocycles. The highest BCUT2D eigenvalue weighted by Crippen LogP contribution is 2.30. The van der Waals surface area contributed by atoms with Gasteiger partial charge < -0.3 is 4.90 Å². The number of amides is 1. The van der Waals surface area contributed by atoms with Crippen molar-refractivity contribution in [3.05, 3.63) is 42.0 Å². The van der Waals surface area contributed by atoms with Crippen molar-refractivity contribution in [1.82, 2.24) is 4.90 Å². The van der Waals surface area contributed by atoms with Crippen LogP contribution in [0.4, 0.5) is 0 Å². The van der Waals surface area contributed by atoms with Crippen LogP contribution in [0, 0.1) is 5.92 Å². The van der Waals surface area contributed by atoms with E-state index in [0.717, 1.165) is 12.8 Å². The standard InChI is InChI=1S/C14H17NO/c1-15(14(16)13-9-10-13)11-5-8-12-6-3-2-4-7-12/h2-8,13H,9-11H2,1H3. The lowest BCUT2D eigenvalue weighted by molar-refractivity contribution is -0.130. The summed E-state index contributed by atoms with van der Waals surface area (Å²) in [5, 5.41) is 0. The zero-order chi connectivity index (χ0) is 11.4. The van der Waals surface area contributed by atoms with Gasteiger partial charge in [-0.2, -0.15) is 0 Å². The van der Waals surface area contributed by atoms with Gasteiger partial charge in [0.25, 0.3) is 0 Å². The minimum Gasteiger partial charge on any atom is -0.342 e. The average molecular weight is 215 g/mol. The molecule has 16 heavy (non-hydrogen) atoms. The van der Waals surface area contributed by atoms with Gasteiger partial charge in [-0.15, -0.1) is 0 Å². The fraction of sp³-hybridized carbons (Fsp3) is 0.357. The molecule has 0 N–H and O–H groups in total. The van der Waals surface area contributed by atoms with Gasteiger partial charge in [-0.05, 0) is 18.4 Å². The number of hydrogen-bond donors (Lipinski definition) is 0. The summed E-state index contributed by atoms with van der Waals surface area (Å²) in [7, 11) is 1.87. The van der Waals surface area contributed by atoms with E-state index in [4.69, 9.17) is 0 Å². The summed E-state index contributed by atoms with van der Waals surface area (Å²) in [6.45, 7) is 0.699. The molecule has 0 aromatic heterocycles. The predicted octanol–water partition coefficient (Wildman–Crippen LogP) is 2.57. The third-order valence-corrected chi connectivity index (χ3v) is 2.79. The average Bonchev–Trinajstić information content (AvgIpc) is 3.13. The van der Waals surface area contributed by atoms with E-state index in [1.165, 1.54) is 5.56 Å². The van der Waals surface area contributed by atoms with Crippen molar-refractivity contribution >= 4 is 12.0 Å². The first-order valence-corrected chi connectivity index (χ1v) is 5.74. The van der Waals surface area contributed by atoms with Crippen LogP contribution in [0.5, 0.6) is 0 Å². The van der Waals surface area contributed by atoms with Crippen LogP contribution in [0.3, 0.4) is 0 Å². The predicted molar refractivity (Wildman–Crippen MR) is 65.8 cm³/mol. The summed E-state index contributed by atoms with van der Waals surface area (Å²) in [4.78, 5) is 13.4. The molecule has 1 aromatic carbocycles. The highest BCUT2D eigenvalue weighted by molar-refractivity contribution is 5.81. The Morgan fingerprint density at radius 2 is 2.06 bits per heavy atom. The largest absolute Gasteiger partial charge is 0.342 e. The first kappa shape index (κ1) is 10.9. The lowest BCUT2D eigenvalue weighted by Crippen LogP contribution is -2.27. The van der Waals surface area contributed by atoms with Gasteiger partial charge >= 0.3 is 0 Å². The van der Waals surface area contributed by atoms with Gasteiger partial charge in [0, 0.05) is 19.5 Å². The van der Waals surface area contributed by atoms with Crippen LogP contribution in [0.2, 0.25) is 0 Å². The maximum absolute atomic E-state index is 11.6. The van der Waals surface area contributed by atoms with Gasteiger partial charge in [-0.3, -0.25) is 4.79 Å². The normalized spacial score (nSPS) is 15.3. The van der Waals surface area contributed by atoms with Crippen molar-refractivity contribution in [3.8, 4) is 0 Å². The van der Waals surface area contributed by atoms with E-state index in [1.54, 1.807) is 4.90 Å². The fourth-order valence-corrected chi connectivity index (χ4v) is 1.64. The van der Waals surface area contributed by atoms with Crippen molar-refractivity contribution in [2.75, 3.05) is 13.6 Å². The molecule has 0 atom stereocenters. The molecule has 1 aromatic rings. The van der Waals surface area contributed by atoms with Gasteiger partial charge in [0.05, 0.1) is 0 Å². The van der Waals surface area contributed by atoms with Gasteiger partial charge in [-0.1, -0.05) is 42.5 Å². The van der Waals surface area contributed by atoms with Crippen molar-refractivity contribution in [1.29, 1.82) is 0 Å². The molecular weight excluding hydrogens is 198 g/mol. The molecule has 0 bridgehead atoms. The lowest BCUT2D eigenvalue weighted by Gasteiger charge is -2.13. The van der Waals surface area contributed by atoms with E-state index >= 15 is 0 Å². The Labute approximate surface area is 96.6 Å². The summed E-state index contributed by atoms with van der Waals surface area (Å²) < 4.78 is 0. The van der Waals surface area contributed by atoms with E-state index in [1.807, 2.05) is 31.3 Å². The summed E-state index contributed by atoms with van der Waals surface area (Å²) in [6, 6.07) is 10.1. The fourth-order valence-electron chi connectivity index (χ4n) is 1.64. The van der Waals surface area contributed by atoms with Crippen LogP contribution in [0.1, 0.15) is 18.4 Å². The monoisotopic (exact) mass is 215 g/mol. The minimum absolute atomic E-state index is 0.290. The number of nitrogens with zero attached hydrogens (tertiary/aromatic N) is 1. The van der Waals surface area contributed by atoms with Crippen molar-refractivity contribution in [3.63, 3.8) is 0 Å². The molecule has 2 heteroatoms. The van der Waals surface area contributed by atoms with E-state index in [0.29, 0.717) is 12.5 Å². The molecule has 1 fully saturated rings. The molecule has 1 aliphatic carbocycles. The van der Waals surface area contributed by atoms with E-state index in [9.17, 15) is 4.79 Å². The lowest BCUT2D eigenvalue weighted by atomic mass is 10.2. The molecule has 1 amide bonds. The van der Waals surface area contributed by atoms with Crippen LogP contribution in [-0.4, -0.2) is 24.4 Å². The molecule has 0 saturated heterocycles. The Bertz CT molecular complexity index is 379. The number of carbonyl (C=O) groups is 1. The topological polar surface area (TPSA) is 20.3 Å². The molecule has 2 nitrogen and oxygen atoms in total. The second-order valence-corrected chi connectivity index (χ2v) is 4.31. The Balaban J connectivity index is 1.82. The molecule has 0 radical (unpaired) electrons. The number of benzene rings is 1. The van der Waals surface area contributed by atoms with Crippen molar-refractivity contribution < 1.29 is 4.79 Å². The third kappa shape index (κ3) is 2.96. The number of rotatable bonds is 4. The highest BCUT2D eigenvalue weighted by Gasteiger charge is 2.31.